The number of hydrogen-bond acceptors (Lipinski definition) is 5. The molecule has 0 saturated heterocycles. The van der Waals surface area contributed by atoms with Gasteiger partial charge in [0.05, 0.1) is 13.7 Å². The zero-order chi connectivity index (χ0) is 21.5. The van der Waals surface area contributed by atoms with E-state index in [2.05, 4.69) is 10.4 Å². The molecule has 7 nitrogen and oxygen atoms in total. The lowest BCUT2D eigenvalue weighted by atomic mass is 10.2. The van der Waals surface area contributed by atoms with Crippen LogP contribution in [-0.4, -0.2) is 54.3 Å². The van der Waals surface area contributed by atoms with Crippen LogP contribution in [0.3, 0.4) is 0 Å². The fourth-order valence-electron chi connectivity index (χ4n) is 3.07. The van der Waals surface area contributed by atoms with Gasteiger partial charge in [0.2, 0.25) is 0 Å². The van der Waals surface area contributed by atoms with Gasteiger partial charge in [-0.2, -0.15) is 5.01 Å². The number of hydrogen-bond donors (Lipinski definition) is 1. The van der Waals surface area contributed by atoms with Gasteiger partial charge in [0.25, 0.3) is 11.8 Å². The second kappa shape index (κ2) is 9.84. The normalized spacial score (nSPS) is 14.9. The van der Waals surface area contributed by atoms with Crippen molar-refractivity contribution >= 4 is 23.7 Å². The fourth-order valence-corrected chi connectivity index (χ4v) is 3.07. The zero-order valence-corrected chi connectivity index (χ0v) is 17.5. The number of nitrogens with one attached hydrogen (secondary N) is 1. The van der Waals surface area contributed by atoms with Crippen molar-refractivity contribution in [3.8, 4) is 5.75 Å². The molecule has 2 amide bonds. The summed E-state index contributed by atoms with van der Waals surface area (Å²) in [6.45, 7) is 5.69. The van der Waals surface area contributed by atoms with Gasteiger partial charge in [0.15, 0.2) is 5.84 Å². The zero-order valence-electron chi connectivity index (χ0n) is 17.5. The predicted molar refractivity (Wildman–Crippen MR) is 117 cm³/mol. The van der Waals surface area contributed by atoms with Crippen LogP contribution < -0.4 is 10.2 Å². The first-order valence-corrected chi connectivity index (χ1v) is 9.91. The molecule has 2 aromatic rings. The average Bonchev–Trinajstić information content (AvgIpc) is 3.08. The van der Waals surface area contributed by atoms with Gasteiger partial charge in [0.1, 0.15) is 11.4 Å². The Hall–Kier alpha value is -3.45. The van der Waals surface area contributed by atoms with Crippen LogP contribution in [0.2, 0.25) is 0 Å². The third-order valence-electron chi connectivity index (χ3n) is 4.81. The maximum Gasteiger partial charge on any atom is 0.297 e. The second-order valence-electron chi connectivity index (χ2n) is 6.74. The highest BCUT2D eigenvalue weighted by atomic mass is 16.5. The number of ether oxygens (including phenoxy) is 1. The molecule has 1 heterocycles. The number of nitrogens with zero attached hydrogens (tertiary/aromatic N) is 3. The summed E-state index contributed by atoms with van der Waals surface area (Å²) < 4.78 is 5.17. The summed E-state index contributed by atoms with van der Waals surface area (Å²) in [6, 6.07) is 16.6. The summed E-state index contributed by atoms with van der Waals surface area (Å²) in [7, 11) is 1.60. The second-order valence-corrected chi connectivity index (χ2v) is 6.74. The Bertz CT molecular complexity index is 948. The molecule has 0 fully saturated rings. The summed E-state index contributed by atoms with van der Waals surface area (Å²) in [4.78, 5) is 32.1. The Morgan fingerprint density at radius 2 is 1.77 bits per heavy atom. The van der Waals surface area contributed by atoms with E-state index in [4.69, 9.17) is 4.74 Å². The molecule has 0 aliphatic carbocycles. The standard InChI is InChI=1S/C23H26N4O3/c1-4-26(5-2)16-21(28)25-27-22(18-9-7-6-8-10-18)24-20(23(27)29)15-17-11-13-19(30-3)14-12-17/h6-15H,4-5,16H2,1-3H3,(H,25,28)/b20-15+. The Morgan fingerprint density at radius 1 is 1.10 bits per heavy atom. The number of aliphatic imine (C=N–C) groups is 1. The molecule has 30 heavy (non-hydrogen) atoms. The minimum atomic E-state index is -0.377. The van der Waals surface area contributed by atoms with Crippen molar-refractivity contribution in [1.82, 2.24) is 15.3 Å². The number of amides is 2. The minimum Gasteiger partial charge on any atom is -0.497 e. The number of hydrazine groups is 1. The molecular formula is C23H26N4O3. The first-order chi connectivity index (χ1) is 14.5. The van der Waals surface area contributed by atoms with Gasteiger partial charge in [0, 0.05) is 5.56 Å². The van der Waals surface area contributed by atoms with E-state index in [0.29, 0.717) is 5.84 Å². The molecule has 1 N–H and O–H groups in total. The molecule has 0 saturated carbocycles. The average molecular weight is 406 g/mol. The van der Waals surface area contributed by atoms with E-state index >= 15 is 0 Å². The molecule has 2 aromatic carbocycles. The number of likely N-dealkylation sites (N-methyl/N-ethyl adjacent to an activating group) is 1. The summed E-state index contributed by atoms with van der Waals surface area (Å²) in [6.07, 6.45) is 1.70. The van der Waals surface area contributed by atoms with Crippen LogP contribution in [0, 0.1) is 0 Å². The fraction of sp³-hybridized carbons (Fsp3) is 0.261. The Labute approximate surface area is 176 Å². The van der Waals surface area contributed by atoms with E-state index < -0.39 is 0 Å². The molecule has 0 aromatic heterocycles. The van der Waals surface area contributed by atoms with E-state index in [1.54, 1.807) is 13.2 Å². The lowest BCUT2D eigenvalue weighted by Crippen LogP contribution is -2.50. The van der Waals surface area contributed by atoms with Crippen LogP contribution in [0.5, 0.6) is 5.75 Å². The number of amidine groups is 1. The molecule has 3 rings (SSSR count). The summed E-state index contributed by atoms with van der Waals surface area (Å²) >= 11 is 0. The number of methoxy groups -OCH3 is 1. The molecule has 0 spiro atoms. The molecule has 0 unspecified atom stereocenters. The van der Waals surface area contributed by atoms with Crippen molar-refractivity contribution in [3.05, 3.63) is 71.4 Å². The van der Waals surface area contributed by atoms with Crippen LogP contribution in [0.1, 0.15) is 25.0 Å². The van der Waals surface area contributed by atoms with E-state index in [9.17, 15) is 9.59 Å². The first-order valence-electron chi connectivity index (χ1n) is 9.91. The van der Waals surface area contributed by atoms with Gasteiger partial charge in [-0.15, -0.1) is 0 Å². The topological polar surface area (TPSA) is 74.2 Å². The number of carbonyl (C=O) groups excluding carboxylic acids is 2. The van der Waals surface area contributed by atoms with E-state index in [0.717, 1.165) is 30.0 Å². The Morgan fingerprint density at radius 3 is 2.37 bits per heavy atom. The molecule has 0 radical (unpaired) electrons. The SMILES string of the molecule is CCN(CC)CC(=O)NN1C(=O)/C(=C\c2ccc(OC)cc2)N=C1c1ccccc1. The van der Waals surface area contributed by atoms with E-state index in [1.807, 2.05) is 73.3 Å². The molecule has 1 aliphatic rings. The highest BCUT2D eigenvalue weighted by molar-refractivity contribution is 6.20. The summed E-state index contributed by atoms with van der Waals surface area (Å²) in [5.41, 5.74) is 4.53. The predicted octanol–water partition coefficient (Wildman–Crippen LogP) is 2.70. The van der Waals surface area contributed by atoms with Crippen LogP contribution >= 0.6 is 0 Å². The van der Waals surface area contributed by atoms with Crippen LogP contribution in [0.15, 0.2) is 65.3 Å². The maximum atomic E-state index is 13.1. The Kier molecular flexibility index (Phi) is 6.98. The van der Waals surface area contributed by atoms with Crippen molar-refractivity contribution < 1.29 is 14.3 Å². The minimum absolute atomic E-state index is 0.205. The third-order valence-corrected chi connectivity index (χ3v) is 4.81. The first kappa shape index (κ1) is 21.3. The van der Waals surface area contributed by atoms with Gasteiger partial charge in [-0.1, -0.05) is 56.3 Å². The van der Waals surface area contributed by atoms with Crippen LogP contribution in [0.4, 0.5) is 0 Å². The van der Waals surface area contributed by atoms with Gasteiger partial charge in [-0.05, 0) is 36.9 Å². The quantitative estimate of drug-likeness (QED) is 0.684. The highest BCUT2D eigenvalue weighted by Gasteiger charge is 2.32. The van der Waals surface area contributed by atoms with Crippen molar-refractivity contribution in [2.75, 3.05) is 26.7 Å². The van der Waals surface area contributed by atoms with Crippen LogP contribution in [-0.2, 0) is 9.59 Å². The van der Waals surface area contributed by atoms with E-state index in [-0.39, 0.29) is 24.1 Å². The monoisotopic (exact) mass is 406 g/mol. The number of benzene rings is 2. The number of rotatable bonds is 8. The van der Waals surface area contributed by atoms with Gasteiger partial charge >= 0.3 is 0 Å². The van der Waals surface area contributed by atoms with Crippen molar-refractivity contribution in [3.63, 3.8) is 0 Å². The van der Waals surface area contributed by atoms with Gasteiger partial charge in [-0.25, -0.2) is 4.99 Å². The van der Waals surface area contributed by atoms with Gasteiger partial charge in [-0.3, -0.25) is 19.9 Å². The molecular weight excluding hydrogens is 380 g/mol. The third kappa shape index (κ3) is 4.93. The molecule has 0 atom stereocenters. The largest absolute Gasteiger partial charge is 0.497 e. The highest BCUT2D eigenvalue weighted by Crippen LogP contribution is 2.22. The molecule has 7 heteroatoms. The van der Waals surface area contributed by atoms with Crippen molar-refractivity contribution in [2.24, 2.45) is 4.99 Å². The molecule has 156 valence electrons. The van der Waals surface area contributed by atoms with Crippen molar-refractivity contribution in [2.45, 2.75) is 13.8 Å². The van der Waals surface area contributed by atoms with Crippen LogP contribution in [0.25, 0.3) is 6.08 Å². The van der Waals surface area contributed by atoms with E-state index in [1.165, 1.54) is 5.01 Å². The lowest BCUT2D eigenvalue weighted by Gasteiger charge is -2.22. The van der Waals surface area contributed by atoms with Gasteiger partial charge < -0.3 is 4.74 Å². The lowest BCUT2D eigenvalue weighted by molar-refractivity contribution is -0.133. The van der Waals surface area contributed by atoms with Crippen molar-refractivity contribution in [1.29, 1.82) is 0 Å². The molecule has 1 aliphatic heterocycles. The molecule has 0 bridgehead atoms. The number of carbonyl (C=O) groups is 2. The Balaban J connectivity index is 1.89. The maximum absolute atomic E-state index is 13.1. The summed E-state index contributed by atoms with van der Waals surface area (Å²) in [5.74, 6) is 0.487. The summed E-state index contributed by atoms with van der Waals surface area (Å²) in [5, 5.41) is 1.23. The smallest absolute Gasteiger partial charge is 0.297 e.